The number of benzene rings is 1. The zero-order valence-corrected chi connectivity index (χ0v) is 12.7. The number of nitrogens with one attached hydrogen (secondary N) is 2. The van der Waals surface area contributed by atoms with E-state index in [1.54, 1.807) is 6.07 Å². The number of aromatic nitrogens is 3. The van der Waals surface area contributed by atoms with Crippen LogP contribution in [0.3, 0.4) is 0 Å². The van der Waals surface area contributed by atoms with Crippen molar-refractivity contribution < 1.29 is 18.7 Å². The monoisotopic (exact) mass is 352 g/mol. The number of hydrogen-bond donors (Lipinski definition) is 3. The number of anilines is 1. The van der Waals surface area contributed by atoms with Crippen LogP contribution in [0.4, 0.5) is 15.9 Å². The van der Waals surface area contributed by atoms with Gasteiger partial charge in [0.2, 0.25) is 0 Å². The minimum absolute atomic E-state index is 0.0455. The number of halogens is 2. The smallest absolute Gasteiger partial charge is 0.182 e. The van der Waals surface area contributed by atoms with Crippen LogP contribution in [0.2, 0.25) is 5.02 Å². The highest BCUT2D eigenvalue weighted by Crippen LogP contribution is 2.22. The minimum Gasteiger partial charge on any atom is -0.363 e. The van der Waals surface area contributed by atoms with Gasteiger partial charge in [0, 0.05) is 6.07 Å². The second-order valence-electron chi connectivity index (χ2n) is 4.47. The number of amidine groups is 1. The Morgan fingerprint density at radius 3 is 2.88 bits per heavy atom. The number of hydroxylamine groups is 1. The summed E-state index contributed by atoms with van der Waals surface area (Å²) in [7, 11) is 0. The topological polar surface area (TPSA) is 122 Å². The van der Waals surface area contributed by atoms with Crippen molar-refractivity contribution in [1.82, 2.24) is 21.0 Å². The van der Waals surface area contributed by atoms with Crippen LogP contribution in [0.15, 0.2) is 44.7 Å². The molecule has 9 nitrogen and oxygen atoms in total. The van der Waals surface area contributed by atoms with Crippen molar-refractivity contribution >= 4 is 28.9 Å². The lowest BCUT2D eigenvalue weighted by molar-refractivity contribution is 0.234. The Kier molecular flexibility index (Phi) is 4.68. The second kappa shape index (κ2) is 7.06. The van der Waals surface area contributed by atoms with Crippen LogP contribution in [-0.4, -0.2) is 26.5 Å². The predicted molar refractivity (Wildman–Crippen MR) is 80.7 cm³/mol. The molecule has 24 heavy (non-hydrogen) atoms. The van der Waals surface area contributed by atoms with Gasteiger partial charge in [0.05, 0.1) is 17.3 Å². The highest BCUT2D eigenvalue weighted by atomic mass is 35.5. The Morgan fingerprint density at radius 2 is 2.17 bits per heavy atom. The van der Waals surface area contributed by atoms with Crippen LogP contribution in [0.25, 0.3) is 0 Å². The molecule has 0 unspecified atom stereocenters. The molecule has 0 aliphatic rings. The molecule has 0 amide bonds. The van der Waals surface area contributed by atoms with Crippen LogP contribution in [0.5, 0.6) is 0 Å². The summed E-state index contributed by atoms with van der Waals surface area (Å²) in [5.74, 6) is -0.129. The maximum absolute atomic E-state index is 13.2. The maximum Gasteiger partial charge on any atom is 0.182 e. The van der Waals surface area contributed by atoms with Gasteiger partial charge in [0.15, 0.2) is 17.3 Å². The number of rotatable bonds is 5. The molecular weight excluding hydrogens is 343 g/mol. The van der Waals surface area contributed by atoms with Crippen molar-refractivity contribution in [2.45, 2.75) is 6.54 Å². The second-order valence-corrected chi connectivity index (χ2v) is 4.88. The molecule has 0 saturated heterocycles. The molecule has 0 saturated carbocycles. The van der Waals surface area contributed by atoms with Crippen LogP contribution in [0.1, 0.15) is 11.4 Å². The van der Waals surface area contributed by atoms with Gasteiger partial charge in [-0.15, -0.1) is 0 Å². The van der Waals surface area contributed by atoms with E-state index in [9.17, 15) is 9.60 Å². The molecule has 3 aromatic rings. The third-order valence-electron chi connectivity index (χ3n) is 2.91. The highest BCUT2D eigenvalue weighted by Gasteiger charge is 2.17. The fourth-order valence-electron chi connectivity index (χ4n) is 1.79. The van der Waals surface area contributed by atoms with Gasteiger partial charge >= 0.3 is 0 Å². The van der Waals surface area contributed by atoms with E-state index in [0.717, 1.165) is 6.07 Å². The molecule has 0 radical (unpaired) electrons. The molecule has 3 rings (SSSR count). The zero-order chi connectivity index (χ0) is 16.9. The van der Waals surface area contributed by atoms with Crippen molar-refractivity contribution in [3.05, 3.63) is 52.8 Å². The first-order valence-corrected chi connectivity index (χ1v) is 6.95. The summed E-state index contributed by atoms with van der Waals surface area (Å²) in [4.78, 5) is 4.11. The summed E-state index contributed by atoms with van der Waals surface area (Å²) in [5, 5.41) is 23.3. The molecule has 124 valence electrons. The van der Waals surface area contributed by atoms with E-state index in [2.05, 4.69) is 30.4 Å². The summed E-state index contributed by atoms with van der Waals surface area (Å²) < 4.78 is 22.6. The third kappa shape index (κ3) is 3.50. The van der Waals surface area contributed by atoms with E-state index >= 15 is 0 Å². The molecule has 0 atom stereocenters. The normalized spacial score (nSPS) is 11.5. The van der Waals surface area contributed by atoms with E-state index in [-0.39, 0.29) is 23.1 Å². The first-order chi connectivity index (χ1) is 11.7. The number of nitrogens with zero attached hydrogens (tertiary/aromatic N) is 4. The van der Waals surface area contributed by atoms with Crippen LogP contribution < -0.4 is 10.8 Å². The maximum atomic E-state index is 13.2. The van der Waals surface area contributed by atoms with Gasteiger partial charge in [0.1, 0.15) is 17.8 Å². The van der Waals surface area contributed by atoms with Crippen molar-refractivity contribution in [3.8, 4) is 0 Å². The predicted octanol–water partition coefficient (Wildman–Crippen LogP) is 2.52. The molecule has 0 fully saturated rings. The Balaban J connectivity index is 1.84. The molecule has 0 aliphatic carbocycles. The molecule has 0 spiro atoms. The van der Waals surface area contributed by atoms with Gasteiger partial charge in [-0.2, -0.15) is 0 Å². The van der Waals surface area contributed by atoms with Gasteiger partial charge < -0.3 is 9.84 Å². The molecule has 0 bridgehead atoms. The first kappa shape index (κ1) is 15.9. The quantitative estimate of drug-likeness (QED) is 0.364. The SMILES string of the molecule is ONC(=Nc1ccc(F)c(Cl)c1)c1nonc1CNc1ccon1. The fraction of sp³-hybridized carbons (Fsp3) is 0.0769. The van der Waals surface area contributed by atoms with Crippen LogP contribution in [-0.2, 0) is 6.54 Å². The van der Waals surface area contributed by atoms with Crippen molar-refractivity contribution in [1.29, 1.82) is 0 Å². The van der Waals surface area contributed by atoms with Crippen LogP contribution >= 0.6 is 11.6 Å². The van der Waals surface area contributed by atoms with Gasteiger partial charge in [-0.25, -0.2) is 14.0 Å². The molecule has 1 aromatic carbocycles. The lowest BCUT2D eigenvalue weighted by Crippen LogP contribution is -2.22. The lowest BCUT2D eigenvalue weighted by Gasteiger charge is -2.04. The fourth-order valence-corrected chi connectivity index (χ4v) is 1.97. The summed E-state index contributed by atoms with van der Waals surface area (Å²) in [6.45, 7) is 0.191. The molecule has 2 aromatic heterocycles. The van der Waals surface area contributed by atoms with Gasteiger partial charge in [-0.05, 0) is 23.4 Å². The van der Waals surface area contributed by atoms with Crippen molar-refractivity contribution in [2.75, 3.05) is 5.32 Å². The molecular formula is C13H10ClFN6O3. The number of hydrogen-bond acceptors (Lipinski definition) is 8. The van der Waals surface area contributed by atoms with Gasteiger partial charge in [-0.3, -0.25) is 10.7 Å². The van der Waals surface area contributed by atoms with E-state index in [1.165, 1.54) is 18.4 Å². The Bertz CT molecular complexity index is 851. The summed E-state index contributed by atoms with van der Waals surface area (Å²) in [6, 6.07) is 5.46. The first-order valence-electron chi connectivity index (χ1n) is 6.57. The van der Waals surface area contributed by atoms with E-state index in [1.807, 2.05) is 5.48 Å². The summed E-state index contributed by atoms with van der Waals surface area (Å²) >= 11 is 5.70. The summed E-state index contributed by atoms with van der Waals surface area (Å²) in [5.41, 5.74) is 2.73. The van der Waals surface area contributed by atoms with Crippen LogP contribution in [0, 0.1) is 5.82 Å². The largest absolute Gasteiger partial charge is 0.363 e. The van der Waals surface area contributed by atoms with Gasteiger partial charge in [0.25, 0.3) is 0 Å². The molecule has 11 heteroatoms. The summed E-state index contributed by atoms with van der Waals surface area (Å²) in [6.07, 6.45) is 1.41. The van der Waals surface area contributed by atoms with Gasteiger partial charge in [-0.1, -0.05) is 21.9 Å². The lowest BCUT2D eigenvalue weighted by atomic mass is 10.2. The van der Waals surface area contributed by atoms with E-state index in [0.29, 0.717) is 17.2 Å². The van der Waals surface area contributed by atoms with E-state index in [4.69, 9.17) is 16.1 Å². The Labute approximate surface area is 139 Å². The van der Waals surface area contributed by atoms with Crippen molar-refractivity contribution in [2.24, 2.45) is 4.99 Å². The third-order valence-corrected chi connectivity index (χ3v) is 3.20. The van der Waals surface area contributed by atoms with E-state index < -0.39 is 5.82 Å². The molecule has 0 aliphatic heterocycles. The minimum atomic E-state index is -0.574. The van der Waals surface area contributed by atoms with Crippen molar-refractivity contribution in [3.63, 3.8) is 0 Å². The number of aliphatic imine (C=N–C) groups is 1. The average Bonchev–Trinajstić information content (AvgIpc) is 3.25. The zero-order valence-electron chi connectivity index (χ0n) is 11.9. The highest BCUT2D eigenvalue weighted by molar-refractivity contribution is 6.31. The Hall–Kier alpha value is -2.98. The molecule has 2 heterocycles. The average molecular weight is 353 g/mol. The standard InChI is InChI=1S/C13H10ClFN6O3/c14-8-5-7(1-2-9(8)15)17-13(18-22)12-10(19-24-21-12)6-16-11-3-4-23-20-11/h1-5,22H,6H2,(H,16,20)(H,17,18). The molecule has 3 N–H and O–H groups in total. The Morgan fingerprint density at radius 1 is 1.29 bits per heavy atom.